The summed E-state index contributed by atoms with van der Waals surface area (Å²) in [5, 5.41) is -0.0587. The number of hydrogen-bond acceptors (Lipinski definition) is 4. The van der Waals surface area contributed by atoms with Crippen molar-refractivity contribution in [2.24, 2.45) is 0 Å². The number of anilines is 1. The van der Waals surface area contributed by atoms with Crippen LogP contribution >= 0.6 is 11.6 Å². The Hall–Kier alpha value is -2.48. The Balaban J connectivity index is 1.52. The van der Waals surface area contributed by atoms with Gasteiger partial charge in [0.05, 0.1) is 10.6 Å². The summed E-state index contributed by atoms with van der Waals surface area (Å²) in [4.78, 5) is 19.8. The fraction of sp³-hybridized carbons (Fsp3) is 0.455. The van der Waals surface area contributed by atoms with Crippen LogP contribution in [0.4, 0.5) is 19.0 Å². The van der Waals surface area contributed by atoms with Gasteiger partial charge in [0.25, 0.3) is 5.91 Å². The van der Waals surface area contributed by atoms with Crippen LogP contribution in [0.3, 0.4) is 0 Å². The van der Waals surface area contributed by atoms with E-state index in [-0.39, 0.29) is 28.8 Å². The number of ether oxygens (including phenoxy) is 1. The molecule has 31 heavy (non-hydrogen) atoms. The normalized spacial score (nSPS) is 15.2. The van der Waals surface area contributed by atoms with Gasteiger partial charge in [-0.15, -0.1) is 0 Å². The molecule has 0 unspecified atom stereocenters. The van der Waals surface area contributed by atoms with Crippen LogP contribution in [0.2, 0.25) is 5.02 Å². The largest absolute Gasteiger partial charge is 0.484 e. The van der Waals surface area contributed by atoms with Gasteiger partial charge in [-0.1, -0.05) is 44.5 Å². The third-order valence-electron chi connectivity index (χ3n) is 5.16. The van der Waals surface area contributed by atoms with Gasteiger partial charge in [-0.25, -0.2) is 4.98 Å². The molecule has 0 N–H and O–H groups in total. The summed E-state index contributed by atoms with van der Waals surface area (Å²) in [6.07, 6.45) is -3.72. The highest BCUT2D eigenvalue weighted by Gasteiger charge is 2.32. The molecule has 1 fully saturated rings. The van der Waals surface area contributed by atoms with Gasteiger partial charge in [0, 0.05) is 32.4 Å². The molecule has 0 bridgehead atoms. The Morgan fingerprint density at radius 2 is 1.68 bits per heavy atom. The number of benzene rings is 1. The van der Waals surface area contributed by atoms with Gasteiger partial charge in [0.1, 0.15) is 11.6 Å². The number of pyridine rings is 1. The van der Waals surface area contributed by atoms with E-state index in [2.05, 4.69) is 25.8 Å². The summed E-state index contributed by atoms with van der Waals surface area (Å²) in [5.41, 5.74) is 0.333. The third-order valence-corrected chi connectivity index (χ3v) is 5.44. The topological polar surface area (TPSA) is 45.7 Å². The van der Waals surface area contributed by atoms with E-state index in [4.69, 9.17) is 16.3 Å². The van der Waals surface area contributed by atoms with Crippen molar-refractivity contribution in [3.63, 3.8) is 0 Å². The van der Waals surface area contributed by atoms with Crippen molar-refractivity contribution in [2.75, 3.05) is 37.7 Å². The van der Waals surface area contributed by atoms with Crippen molar-refractivity contribution in [1.82, 2.24) is 9.88 Å². The van der Waals surface area contributed by atoms with Gasteiger partial charge in [-0.2, -0.15) is 13.2 Å². The van der Waals surface area contributed by atoms with Gasteiger partial charge >= 0.3 is 6.18 Å². The average Bonchev–Trinajstić information content (AvgIpc) is 2.71. The number of carbonyl (C=O) groups is 1. The van der Waals surface area contributed by atoms with Gasteiger partial charge in [0.2, 0.25) is 0 Å². The fourth-order valence-corrected chi connectivity index (χ4v) is 3.56. The summed E-state index contributed by atoms with van der Waals surface area (Å²) in [6.45, 7) is 7.95. The minimum absolute atomic E-state index is 0.0405. The zero-order valence-electron chi connectivity index (χ0n) is 17.7. The predicted molar refractivity (Wildman–Crippen MR) is 114 cm³/mol. The van der Waals surface area contributed by atoms with E-state index < -0.39 is 11.7 Å². The Labute approximate surface area is 184 Å². The molecular weight excluding hydrogens is 431 g/mol. The number of aromatic nitrogens is 1. The highest BCUT2D eigenvalue weighted by Crippen LogP contribution is 2.33. The number of nitrogens with zero attached hydrogens (tertiary/aromatic N) is 3. The van der Waals surface area contributed by atoms with Crippen molar-refractivity contribution in [2.45, 2.75) is 32.4 Å². The van der Waals surface area contributed by atoms with Crippen LogP contribution in [0.25, 0.3) is 0 Å². The lowest BCUT2D eigenvalue weighted by atomic mass is 9.87. The molecule has 1 aliphatic rings. The summed E-state index contributed by atoms with van der Waals surface area (Å²) in [5.74, 6) is 0.767. The van der Waals surface area contributed by atoms with Crippen molar-refractivity contribution in [3.05, 3.63) is 52.7 Å². The zero-order valence-corrected chi connectivity index (χ0v) is 18.4. The van der Waals surface area contributed by atoms with Crippen LogP contribution in [0.1, 0.15) is 31.9 Å². The fourth-order valence-electron chi connectivity index (χ4n) is 3.27. The van der Waals surface area contributed by atoms with E-state index in [0.29, 0.717) is 31.9 Å². The van der Waals surface area contributed by atoms with Gasteiger partial charge in [-0.3, -0.25) is 4.79 Å². The molecule has 0 saturated carbocycles. The molecule has 168 valence electrons. The predicted octanol–water partition coefficient (Wildman–Crippen LogP) is 4.78. The molecule has 3 rings (SSSR count). The maximum Gasteiger partial charge on any atom is 0.417 e. The second-order valence-corrected chi connectivity index (χ2v) is 8.87. The molecule has 0 atom stereocenters. The van der Waals surface area contributed by atoms with E-state index >= 15 is 0 Å². The van der Waals surface area contributed by atoms with Crippen LogP contribution in [-0.4, -0.2) is 48.6 Å². The molecule has 0 radical (unpaired) electrons. The maximum absolute atomic E-state index is 12.8. The van der Waals surface area contributed by atoms with Crippen LogP contribution in [0, 0.1) is 0 Å². The lowest BCUT2D eigenvalue weighted by molar-refractivity contribution is -0.138. The number of rotatable bonds is 4. The molecule has 1 aromatic carbocycles. The molecule has 0 aliphatic carbocycles. The molecular formula is C22H25ClF3N3O2. The highest BCUT2D eigenvalue weighted by atomic mass is 35.5. The molecule has 2 heterocycles. The van der Waals surface area contributed by atoms with Gasteiger partial charge in [-0.05, 0) is 29.2 Å². The molecule has 2 aromatic rings. The number of hydrogen-bond donors (Lipinski definition) is 0. The average molecular weight is 456 g/mol. The van der Waals surface area contributed by atoms with Crippen molar-refractivity contribution in [3.8, 4) is 5.75 Å². The first kappa shape index (κ1) is 23.2. The standard InChI is InChI=1S/C22H25ClF3N3O2/c1-21(2,3)15-4-6-17(7-5-15)31-14-19(30)28-8-10-29(11-9-28)20-18(23)12-16(13-27-20)22(24,25)26/h4-7,12-13H,8-11,14H2,1-3H3. The summed E-state index contributed by atoms with van der Waals surface area (Å²) in [7, 11) is 0. The highest BCUT2D eigenvalue weighted by molar-refractivity contribution is 6.33. The summed E-state index contributed by atoms with van der Waals surface area (Å²) >= 11 is 6.02. The van der Waals surface area contributed by atoms with Gasteiger partial charge in [0.15, 0.2) is 6.61 Å². The first-order valence-electron chi connectivity index (χ1n) is 9.94. The van der Waals surface area contributed by atoms with Gasteiger partial charge < -0.3 is 14.5 Å². The number of piperazine rings is 1. The van der Waals surface area contributed by atoms with Crippen LogP contribution in [-0.2, 0) is 16.4 Å². The first-order chi connectivity index (χ1) is 14.4. The van der Waals surface area contributed by atoms with Crippen molar-refractivity contribution >= 4 is 23.3 Å². The molecule has 5 nitrogen and oxygen atoms in total. The minimum Gasteiger partial charge on any atom is -0.484 e. The third kappa shape index (κ3) is 5.81. The van der Waals surface area contributed by atoms with E-state index in [9.17, 15) is 18.0 Å². The first-order valence-corrected chi connectivity index (χ1v) is 10.3. The molecule has 1 aromatic heterocycles. The Morgan fingerprint density at radius 3 is 2.19 bits per heavy atom. The Bertz CT molecular complexity index is 919. The molecule has 1 amide bonds. The summed E-state index contributed by atoms with van der Waals surface area (Å²) < 4.78 is 44.0. The van der Waals surface area contributed by atoms with Crippen molar-refractivity contribution in [1.29, 1.82) is 0 Å². The van der Waals surface area contributed by atoms with E-state index in [1.165, 1.54) is 5.56 Å². The second kappa shape index (κ2) is 8.94. The van der Waals surface area contributed by atoms with Crippen LogP contribution in [0.15, 0.2) is 36.5 Å². The van der Waals surface area contributed by atoms with E-state index in [1.807, 2.05) is 24.3 Å². The molecule has 0 spiro atoms. The monoisotopic (exact) mass is 455 g/mol. The lowest BCUT2D eigenvalue weighted by Gasteiger charge is -2.35. The Morgan fingerprint density at radius 1 is 1.06 bits per heavy atom. The number of alkyl halides is 3. The van der Waals surface area contributed by atoms with Crippen LogP contribution in [0.5, 0.6) is 5.75 Å². The zero-order chi connectivity index (χ0) is 22.8. The van der Waals surface area contributed by atoms with Crippen LogP contribution < -0.4 is 9.64 Å². The minimum atomic E-state index is -4.49. The number of amides is 1. The maximum atomic E-state index is 12.8. The van der Waals surface area contributed by atoms with E-state index in [1.54, 1.807) is 9.80 Å². The molecule has 1 saturated heterocycles. The second-order valence-electron chi connectivity index (χ2n) is 8.46. The number of halogens is 4. The quantitative estimate of drug-likeness (QED) is 0.665. The molecule has 1 aliphatic heterocycles. The van der Waals surface area contributed by atoms with E-state index in [0.717, 1.165) is 12.3 Å². The lowest BCUT2D eigenvalue weighted by Crippen LogP contribution is -2.50. The smallest absolute Gasteiger partial charge is 0.417 e. The Kier molecular flexibility index (Phi) is 6.69. The number of carbonyl (C=O) groups excluding carboxylic acids is 1. The molecule has 9 heteroatoms. The van der Waals surface area contributed by atoms with Crippen molar-refractivity contribution < 1.29 is 22.7 Å². The summed E-state index contributed by atoms with van der Waals surface area (Å²) in [6, 6.07) is 8.55. The SMILES string of the molecule is CC(C)(C)c1ccc(OCC(=O)N2CCN(c3ncc(C(F)(F)F)cc3Cl)CC2)cc1.